The summed E-state index contributed by atoms with van der Waals surface area (Å²) in [4.78, 5) is 18.2. The highest BCUT2D eigenvalue weighted by molar-refractivity contribution is 5.83. The quantitative estimate of drug-likeness (QED) is 0.857. The van der Waals surface area contributed by atoms with Crippen molar-refractivity contribution in [1.82, 2.24) is 10.3 Å². The zero-order valence-electron chi connectivity index (χ0n) is 11.1. The summed E-state index contributed by atoms with van der Waals surface area (Å²) in [7, 11) is 3.88. The average Bonchev–Trinajstić information content (AvgIpc) is 2.33. The summed E-state index contributed by atoms with van der Waals surface area (Å²) in [5.41, 5.74) is 0.653. The van der Waals surface area contributed by atoms with Crippen molar-refractivity contribution in [1.29, 1.82) is 0 Å². The molecule has 0 bridgehead atoms. The van der Waals surface area contributed by atoms with Crippen molar-refractivity contribution in [3.63, 3.8) is 0 Å². The van der Waals surface area contributed by atoms with Crippen LogP contribution >= 0.6 is 0 Å². The van der Waals surface area contributed by atoms with Gasteiger partial charge in [0.05, 0.1) is 18.6 Å². The van der Waals surface area contributed by atoms with Crippen LogP contribution in [0.25, 0.3) is 0 Å². The maximum Gasteiger partial charge on any atom is 0.230 e. The molecular weight excluding hydrogens is 230 g/mol. The summed E-state index contributed by atoms with van der Waals surface area (Å²) < 4.78 is 5.09. The van der Waals surface area contributed by atoms with Crippen LogP contribution < -0.4 is 10.2 Å². The van der Waals surface area contributed by atoms with Crippen LogP contribution in [-0.2, 0) is 16.1 Å². The summed E-state index contributed by atoms with van der Waals surface area (Å²) in [6, 6.07) is 3.85. The Balaban J connectivity index is 2.00. The zero-order valence-corrected chi connectivity index (χ0v) is 11.1. The summed E-state index contributed by atoms with van der Waals surface area (Å²) in [6.45, 7) is 3.43. The molecule has 18 heavy (non-hydrogen) atoms. The Kier molecular flexibility index (Phi) is 3.52. The van der Waals surface area contributed by atoms with Crippen LogP contribution in [0.1, 0.15) is 12.5 Å². The van der Waals surface area contributed by atoms with E-state index in [4.69, 9.17) is 4.74 Å². The Labute approximate surface area is 107 Å². The van der Waals surface area contributed by atoms with E-state index in [0.717, 1.165) is 11.4 Å². The first-order valence-corrected chi connectivity index (χ1v) is 6.00. The normalized spacial score (nSPS) is 16.8. The highest BCUT2D eigenvalue weighted by Gasteiger charge is 2.40. The molecule has 5 nitrogen and oxygen atoms in total. The van der Waals surface area contributed by atoms with Crippen molar-refractivity contribution in [2.45, 2.75) is 13.5 Å². The standard InChI is InChI=1S/C13H19N3O2/c1-13(8-18-9-13)12(17)15-7-10-5-4-6-14-11(10)16(2)3/h4-6H,7-9H2,1-3H3,(H,15,17). The minimum Gasteiger partial charge on any atom is -0.379 e. The van der Waals surface area contributed by atoms with Crippen molar-refractivity contribution in [3.8, 4) is 0 Å². The molecule has 5 heteroatoms. The molecule has 0 unspecified atom stereocenters. The number of hydrogen-bond donors (Lipinski definition) is 1. The second-order valence-electron chi connectivity index (χ2n) is 5.12. The second kappa shape index (κ2) is 4.94. The molecule has 1 amide bonds. The van der Waals surface area contributed by atoms with E-state index in [9.17, 15) is 4.79 Å². The smallest absolute Gasteiger partial charge is 0.230 e. The van der Waals surface area contributed by atoms with Gasteiger partial charge in [0.15, 0.2) is 0 Å². The maximum atomic E-state index is 12.0. The number of rotatable bonds is 4. The van der Waals surface area contributed by atoms with Gasteiger partial charge in [0.2, 0.25) is 5.91 Å². The molecule has 1 aliphatic rings. The van der Waals surface area contributed by atoms with Crippen LogP contribution in [0.3, 0.4) is 0 Å². The van der Waals surface area contributed by atoms with Crippen LogP contribution in [0.4, 0.5) is 5.82 Å². The molecule has 0 aliphatic carbocycles. The number of nitrogens with one attached hydrogen (secondary N) is 1. The molecule has 1 saturated heterocycles. The fourth-order valence-electron chi connectivity index (χ4n) is 1.90. The molecule has 0 spiro atoms. The van der Waals surface area contributed by atoms with E-state index in [1.165, 1.54) is 0 Å². The third-order valence-electron chi connectivity index (χ3n) is 3.12. The summed E-state index contributed by atoms with van der Waals surface area (Å²) in [5, 5.41) is 2.95. The van der Waals surface area contributed by atoms with Gasteiger partial charge in [-0.3, -0.25) is 4.79 Å². The molecule has 1 N–H and O–H groups in total. The van der Waals surface area contributed by atoms with Crippen molar-refractivity contribution >= 4 is 11.7 Å². The van der Waals surface area contributed by atoms with Crippen LogP contribution in [0.15, 0.2) is 18.3 Å². The van der Waals surface area contributed by atoms with E-state index in [1.54, 1.807) is 6.20 Å². The summed E-state index contributed by atoms with van der Waals surface area (Å²) >= 11 is 0. The van der Waals surface area contributed by atoms with Gasteiger partial charge in [-0.15, -0.1) is 0 Å². The number of ether oxygens (including phenoxy) is 1. The third-order valence-corrected chi connectivity index (χ3v) is 3.12. The van der Waals surface area contributed by atoms with Gasteiger partial charge in [0.25, 0.3) is 0 Å². The predicted molar refractivity (Wildman–Crippen MR) is 69.3 cm³/mol. The number of hydrogen-bond acceptors (Lipinski definition) is 4. The highest BCUT2D eigenvalue weighted by atomic mass is 16.5. The van der Waals surface area contributed by atoms with Crippen LogP contribution in [0.2, 0.25) is 0 Å². The number of carbonyl (C=O) groups is 1. The van der Waals surface area contributed by atoms with Crippen LogP contribution in [0.5, 0.6) is 0 Å². The van der Waals surface area contributed by atoms with Crippen LogP contribution in [-0.4, -0.2) is 38.2 Å². The van der Waals surface area contributed by atoms with E-state index in [1.807, 2.05) is 38.1 Å². The lowest BCUT2D eigenvalue weighted by Crippen LogP contribution is -2.51. The Morgan fingerprint density at radius 1 is 1.56 bits per heavy atom. The van der Waals surface area contributed by atoms with Crippen molar-refractivity contribution in [3.05, 3.63) is 23.9 Å². The number of nitrogens with zero attached hydrogens (tertiary/aromatic N) is 2. The SMILES string of the molecule is CN(C)c1ncccc1CNC(=O)C1(C)COC1. The Morgan fingerprint density at radius 2 is 2.28 bits per heavy atom. The molecule has 0 atom stereocenters. The van der Waals surface area contributed by atoms with E-state index < -0.39 is 0 Å². The molecular formula is C13H19N3O2. The van der Waals surface area contributed by atoms with Gasteiger partial charge in [-0.05, 0) is 13.0 Å². The topological polar surface area (TPSA) is 54.5 Å². The van der Waals surface area contributed by atoms with Gasteiger partial charge in [0, 0.05) is 32.4 Å². The fourth-order valence-corrected chi connectivity index (χ4v) is 1.90. The number of carbonyl (C=O) groups excluding carboxylic acids is 1. The molecule has 0 radical (unpaired) electrons. The molecule has 1 aromatic heterocycles. The molecule has 0 saturated carbocycles. The second-order valence-corrected chi connectivity index (χ2v) is 5.12. The Morgan fingerprint density at radius 3 is 2.83 bits per heavy atom. The van der Waals surface area contributed by atoms with E-state index in [0.29, 0.717) is 19.8 Å². The minimum atomic E-state index is -0.361. The van der Waals surface area contributed by atoms with Crippen molar-refractivity contribution in [2.24, 2.45) is 5.41 Å². The third kappa shape index (κ3) is 2.46. The van der Waals surface area contributed by atoms with Crippen molar-refractivity contribution < 1.29 is 9.53 Å². The van der Waals surface area contributed by atoms with Gasteiger partial charge >= 0.3 is 0 Å². The Bertz CT molecular complexity index is 442. The molecule has 2 heterocycles. The number of amides is 1. The molecule has 0 aromatic carbocycles. The van der Waals surface area contributed by atoms with E-state index in [2.05, 4.69) is 10.3 Å². The maximum absolute atomic E-state index is 12.0. The van der Waals surface area contributed by atoms with Crippen molar-refractivity contribution in [2.75, 3.05) is 32.2 Å². The molecule has 1 aliphatic heterocycles. The fraction of sp³-hybridized carbons (Fsp3) is 0.538. The number of pyridine rings is 1. The molecule has 98 valence electrons. The lowest BCUT2D eigenvalue weighted by molar-refractivity contribution is -0.157. The first-order valence-electron chi connectivity index (χ1n) is 6.00. The molecule has 2 rings (SSSR count). The van der Waals surface area contributed by atoms with Gasteiger partial charge in [-0.25, -0.2) is 4.98 Å². The van der Waals surface area contributed by atoms with E-state index in [-0.39, 0.29) is 11.3 Å². The largest absolute Gasteiger partial charge is 0.379 e. The first kappa shape index (κ1) is 12.8. The summed E-state index contributed by atoms with van der Waals surface area (Å²) in [5.74, 6) is 0.926. The van der Waals surface area contributed by atoms with Gasteiger partial charge in [0.1, 0.15) is 5.82 Å². The van der Waals surface area contributed by atoms with E-state index >= 15 is 0 Å². The molecule has 1 fully saturated rings. The summed E-state index contributed by atoms with van der Waals surface area (Å²) in [6.07, 6.45) is 1.75. The number of anilines is 1. The first-order chi connectivity index (χ1) is 8.53. The lowest BCUT2D eigenvalue weighted by Gasteiger charge is -2.36. The Hall–Kier alpha value is -1.62. The minimum absolute atomic E-state index is 0.0438. The monoisotopic (exact) mass is 249 g/mol. The lowest BCUT2D eigenvalue weighted by atomic mass is 9.87. The van der Waals surface area contributed by atoms with Crippen LogP contribution in [0, 0.1) is 5.41 Å². The molecule has 1 aromatic rings. The predicted octanol–water partition coefficient (Wildman–Crippen LogP) is 0.800. The van der Waals surface area contributed by atoms with Gasteiger partial charge < -0.3 is 15.0 Å². The zero-order chi connectivity index (χ0) is 13.2. The van der Waals surface area contributed by atoms with Gasteiger partial charge in [-0.1, -0.05) is 6.07 Å². The number of aromatic nitrogens is 1. The van der Waals surface area contributed by atoms with Gasteiger partial charge in [-0.2, -0.15) is 0 Å². The highest BCUT2D eigenvalue weighted by Crippen LogP contribution is 2.26. The average molecular weight is 249 g/mol.